The first-order valence-corrected chi connectivity index (χ1v) is 6.37. The minimum atomic E-state index is -2.50. The number of rotatable bonds is 4. The number of halogens is 2. The van der Waals surface area contributed by atoms with Gasteiger partial charge in [0.1, 0.15) is 5.75 Å². The molecule has 0 aliphatic heterocycles. The summed E-state index contributed by atoms with van der Waals surface area (Å²) in [5.41, 5.74) is 1.01. The molecule has 2 nitrogen and oxygen atoms in total. The van der Waals surface area contributed by atoms with Crippen LogP contribution in [0.3, 0.4) is 0 Å². The lowest BCUT2D eigenvalue weighted by molar-refractivity contribution is -0.0585. The highest BCUT2D eigenvalue weighted by molar-refractivity contribution is 5.45. The summed E-state index contributed by atoms with van der Waals surface area (Å²) in [6.45, 7) is 0.383. The molecule has 1 aliphatic rings. The second kappa shape index (κ2) is 5.55. The minimum absolute atomic E-state index is 0.0281. The smallest absolute Gasteiger partial charge is 0.248 e. The molecule has 2 rings (SSSR count). The van der Waals surface area contributed by atoms with Gasteiger partial charge in [-0.1, -0.05) is 0 Å². The lowest BCUT2D eigenvalue weighted by Gasteiger charge is -2.28. The zero-order valence-electron chi connectivity index (χ0n) is 10.6. The molecule has 0 spiro atoms. The van der Waals surface area contributed by atoms with Crippen LogP contribution in [0.5, 0.6) is 5.75 Å². The van der Waals surface area contributed by atoms with E-state index in [2.05, 4.69) is 5.32 Å². The molecular weight excluding hydrogens is 236 g/mol. The van der Waals surface area contributed by atoms with Gasteiger partial charge in [-0.2, -0.15) is 0 Å². The molecule has 1 saturated carbocycles. The number of hydrogen-bond donors (Lipinski definition) is 1. The van der Waals surface area contributed by atoms with E-state index < -0.39 is 5.92 Å². The predicted octanol–water partition coefficient (Wildman–Crippen LogP) is 3.93. The quantitative estimate of drug-likeness (QED) is 0.880. The van der Waals surface area contributed by atoms with Crippen LogP contribution in [0.1, 0.15) is 25.7 Å². The van der Waals surface area contributed by atoms with Crippen molar-refractivity contribution in [1.29, 1.82) is 0 Å². The number of ether oxygens (including phenoxy) is 1. The average Bonchev–Trinajstić information content (AvgIpc) is 2.36. The van der Waals surface area contributed by atoms with Gasteiger partial charge >= 0.3 is 0 Å². The lowest BCUT2D eigenvalue weighted by atomic mass is 9.87. The summed E-state index contributed by atoms with van der Waals surface area (Å²) in [6.07, 6.45) is 1.42. The van der Waals surface area contributed by atoms with E-state index >= 15 is 0 Å². The van der Waals surface area contributed by atoms with Gasteiger partial charge in [-0.25, -0.2) is 8.78 Å². The molecule has 0 radical (unpaired) electrons. The Kier molecular flexibility index (Phi) is 4.04. The fourth-order valence-corrected chi connectivity index (χ4v) is 2.35. The Morgan fingerprint density at radius 2 is 2.06 bits per heavy atom. The molecule has 1 fully saturated rings. The molecular formula is C14H19F2NO. The van der Waals surface area contributed by atoms with Crippen molar-refractivity contribution >= 4 is 5.69 Å². The monoisotopic (exact) mass is 255 g/mol. The highest BCUT2D eigenvalue weighted by Crippen LogP contribution is 2.36. The van der Waals surface area contributed by atoms with E-state index in [0.29, 0.717) is 13.0 Å². The van der Waals surface area contributed by atoms with Crippen molar-refractivity contribution in [2.75, 3.05) is 19.0 Å². The summed E-state index contributed by atoms with van der Waals surface area (Å²) in [6, 6.07) is 7.52. The molecule has 1 aliphatic carbocycles. The van der Waals surface area contributed by atoms with Gasteiger partial charge in [0.25, 0.3) is 0 Å². The van der Waals surface area contributed by atoms with Crippen molar-refractivity contribution in [1.82, 2.24) is 0 Å². The Morgan fingerprint density at radius 3 is 2.67 bits per heavy atom. The van der Waals surface area contributed by atoms with Crippen LogP contribution in [0, 0.1) is 5.92 Å². The van der Waals surface area contributed by atoms with Gasteiger partial charge in [0.2, 0.25) is 5.92 Å². The SMILES string of the molecule is CNc1ccc(OCC2CCCC(F)(F)C2)cc1. The zero-order valence-corrected chi connectivity index (χ0v) is 10.6. The second-order valence-corrected chi connectivity index (χ2v) is 4.90. The minimum Gasteiger partial charge on any atom is -0.493 e. The third-order valence-electron chi connectivity index (χ3n) is 3.37. The molecule has 1 N–H and O–H groups in total. The van der Waals surface area contributed by atoms with Gasteiger partial charge in [-0.05, 0) is 43.0 Å². The van der Waals surface area contributed by atoms with Crippen LogP contribution in [0.4, 0.5) is 14.5 Å². The molecule has 4 heteroatoms. The first kappa shape index (κ1) is 13.1. The lowest BCUT2D eigenvalue weighted by Crippen LogP contribution is -2.29. The second-order valence-electron chi connectivity index (χ2n) is 4.90. The average molecular weight is 255 g/mol. The molecule has 100 valence electrons. The molecule has 1 unspecified atom stereocenters. The van der Waals surface area contributed by atoms with Crippen molar-refractivity contribution in [3.8, 4) is 5.75 Å². The van der Waals surface area contributed by atoms with Crippen LogP contribution in [0.2, 0.25) is 0 Å². The Balaban J connectivity index is 1.83. The van der Waals surface area contributed by atoms with Gasteiger partial charge in [-0.3, -0.25) is 0 Å². The Hall–Kier alpha value is -1.32. The Morgan fingerprint density at radius 1 is 1.33 bits per heavy atom. The molecule has 1 aromatic carbocycles. The maximum absolute atomic E-state index is 13.2. The molecule has 18 heavy (non-hydrogen) atoms. The fraction of sp³-hybridized carbons (Fsp3) is 0.571. The zero-order chi connectivity index (χ0) is 13.0. The van der Waals surface area contributed by atoms with E-state index in [1.165, 1.54) is 0 Å². The molecule has 0 saturated heterocycles. The topological polar surface area (TPSA) is 21.3 Å². The summed E-state index contributed by atoms with van der Waals surface area (Å²) in [7, 11) is 1.85. The number of hydrogen-bond acceptors (Lipinski definition) is 2. The van der Waals surface area contributed by atoms with Crippen molar-refractivity contribution in [3.05, 3.63) is 24.3 Å². The van der Waals surface area contributed by atoms with Crippen molar-refractivity contribution < 1.29 is 13.5 Å². The van der Waals surface area contributed by atoms with Gasteiger partial charge in [0.15, 0.2) is 0 Å². The van der Waals surface area contributed by atoms with E-state index in [-0.39, 0.29) is 18.8 Å². The van der Waals surface area contributed by atoms with E-state index in [1.54, 1.807) is 0 Å². The van der Waals surface area contributed by atoms with Crippen molar-refractivity contribution in [2.24, 2.45) is 5.92 Å². The number of benzene rings is 1. The Labute approximate surface area is 106 Å². The van der Waals surface area contributed by atoms with Crippen molar-refractivity contribution in [2.45, 2.75) is 31.6 Å². The van der Waals surface area contributed by atoms with E-state index in [0.717, 1.165) is 17.9 Å². The largest absolute Gasteiger partial charge is 0.493 e. The van der Waals surface area contributed by atoms with Gasteiger partial charge in [0.05, 0.1) is 6.61 Å². The summed E-state index contributed by atoms with van der Waals surface area (Å²) in [5, 5.41) is 3.02. The third kappa shape index (κ3) is 3.59. The van der Waals surface area contributed by atoms with E-state index in [1.807, 2.05) is 31.3 Å². The van der Waals surface area contributed by atoms with E-state index in [9.17, 15) is 8.78 Å². The van der Waals surface area contributed by atoms with Crippen LogP contribution in [0.15, 0.2) is 24.3 Å². The molecule has 1 atom stereocenters. The van der Waals surface area contributed by atoms with Gasteiger partial charge in [0, 0.05) is 25.6 Å². The number of alkyl halides is 2. The van der Waals surface area contributed by atoms with Gasteiger partial charge in [-0.15, -0.1) is 0 Å². The highest BCUT2D eigenvalue weighted by atomic mass is 19.3. The summed E-state index contributed by atoms with van der Waals surface area (Å²) < 4.78 is 32.0. The summed E-state index contributed by atoms with van der Waals surface area (Å²) in [4.78, 5) is 0. The standard InChI is InChI=1S/C14H19F2NO/c1-17-12-4-6-13(7-5-12)18-10-11-3-2-8-14(15,16)9-11/h4-7,11,17H,2-3,8-10H2,1H3. The normalized spacial score (nSPS) is 22.5. The summed E-state index contributed by atoms with van der Waals surface area (Å²) in [5.74, 6) is -1.79. The molecule has 1 aromatic rings. The Bertz CT molecular complexity index is 378. The fourth-order valence-electron chi connectivity index (χ4n) is 2.35. The summed E-state index contributed by atoms with van der Waals surface area (Å²) >= 11 is 0. The van der Waals surface area contributed by atoms with E-state index in [4.69, 9.17) is 4.74 Å². The maximum Gasteiger partial charge on any atom is 0.248 e. The molecule has 0 amide bonds. The molecule has 0 aromatic heterocycles. The predicted molar refractivity (Wildman–Crippen MR) is 68.4 cm³/mol. The molecule has 0 heterocycles. The van der Waals surface area contributed by atoms with Crippen LogP contribution in [0.25, 0.3) is 0 Å². The van der Waals surface area contributed by atoms with Crippen LogP contribution in [-0.2, 0) is 0 Å². The van der Waals surface area contributed by atoms with Crippen LogP contribution >= 0.6 is 0 Å². The first-order valence-electron chi connectivity index (χ1n) is 6.37. The van der Waals surface area contributed by atoms with Crippen LogP contribution in [-0.4, -0.2) is 19.6 Å². The highest BCUT2D eigenvalue weighted by Gasteiger charge is 2.36. The van der Waals surface area contributed by atoms with Crippen molar-refractivity contribution in [3.63, 3.8) is 0 Å². The first-order chi connectivity index (χ1) is 8.59. The number of nitrogens with one attached hydrogen (secondary N) is 1. The molecule has 0 bridgehead atoms. The van der Waals surface area contributed by atoms with Crippen LogP contribution < -0.4 is 10.1 Å². The van der Waals surface area contributed by atoms with Gasteiger partial charge < -0.3 is 10.1 Å². The number of anilines is 1. The maximum atomic E-state index is 13.2. The third-order valence-corrected chi connectivity index (χ3v) is 3.37.